The second-order valence-corrected chi connectivity index (χ2v) is 10.4. The van der Waals surface area contributed by atoms with Crippen molar-refractivity contribution < 1.29 is 14.3 Å². The minimum absolute atomic E-state index is 0. The highest BCUT2D eigenvalue weighted by Crippen LogP contribution is 2.33. The van der Waals surface area contributed by atoms with Crippen LogP contribution in [0.5, 0.6) is 0 Å². The van der Waals surface area contributed by atoms with Crippen LogP contribution in [0.4, 0.5) is 4.79 Å². The lowest BCUT2D eigenvalue weighted by Crippen LogP contribution is -2.54. The summed E-state index contributed by atoms with van der Waals surface area (Å²) in [6.45, 7) is 15.3. The molecule has 0 aromatic rings. The topological polar surface area (TPSA) is 78.4 Å². The number of guanidine groups is 1. The maximum atomic E-state index is 12.9. The van der Waals surface area contributed by atoms with E-state index in [9.17, 15) is 4.79 Å². The third-order valence-corrected chi connectivity index (χ3v) is 6.16. The molecule has 1 aliphatic carbocycles. The SMILES string of the molecule is CN=C(NCC1CCN(C2CC2)C1)NCC1C(C)OC(C)(C)N1C(=O)OC(C)(C)C.I. The van der Waals surface area contributed by atoms with E-state index in [1.165, 1.54) is 32.4 Å². The zero-order valence-corrected chi connectivity index (χ0v) is 22.6. The Bertz CT molecular complexity index is 648. The van der Waals surface area contributed by atoms with Gasteiger partial charge in [0.1, 0.15) is 11.3 Å². The fourth-order valence-electron chi connectivity index (χ4n) is 4.59. The molecule has 8 nitrogen and oxygen atoms in total. The van der Waals surface area contributed by atoms with Gasteiger partial charge in [0.15, 0.2) is 5.96 Å². The molecule has 3 unspecified atom stereocenters. The Balaban J connectivity index is 0.00000341. The molecule has 2 saturated heterocycles. The summed E-state index contributed by atoms with van der Waals surface area (Å²) in [6, 6.07) is 0.698. The van der Waals surface area contributed by atoms with Crippen LogP contribution < -0.4 is 10.6 Å². The molecule has 2 N–H and O–H groups in total. The van der Waals surface area contributed by atoms with Gasteiger partial charge in [-0.05, 0) is 73.3 Å². The highest BCUT2D eigenvalue weighted by Gasteiger charge is 2.49. The number of likely N-dealkylation sites (tertiary alicyclic amines) is 1. The third kappa shape index (κ3) is 7.08. The number of hydrogen-bond donors (Lipinski definition) is 2. The lowest BCUT2D eigenvalue weighted by molar-refractivity contribution is -0.0755. The minimum Gasteiger partial charge on any atom is -0.444 e. The standard InChI is InChI=1S/C22H41N5O3.HI/c1-15-18(27(22(5,6)29-15)20(28)30-21(2,3)4)13-25-19(23-7)24-12-16-10-11-26(14-16)17-8-9-17;/h15-18H,8-14H2,1-7H3,(H2,23,24,25);1H. The van der Waals surface area contributed by atoms with Crippen LogP contribution in [-0.4, -0.2) is 84.6 Å². The smallest absolute Gasteiger partial charge is 0.412 e. The van der Waals surface area contributed by atoms with E-state index in [-0.39, 0.29) is 42.2 Å². The van der Waals surface area contributed by atoms with Gasteiger partial charge < -0.3 is 25.0 Å². The van der Waals surface area contributed by atoms with Crippen molar-refractivity contribution in [2.75, 3.05) is 33.2 Å². The van der Waals surface area contributed by atoms with E-state index in [2.05, 4.69) is 20.5 Å². The Morgan fingerprint density at radius 3 is 2.42 bits per heavy atom. The van der Waals surface area contributed by atoms with Gasteiger partial charge >= 0.3 is 6.09 Å². The number of nitrogens with zero attached hydrogens (tertiary/aromatic N) is 3. The van der Waals surface area contributed by atoms with Crippen LogP contribution in [0, 0.1) is 5.92 Å². The first-order valence-corrected chi connectivity index (χ1v) is 11.4. The normalized spacial score (nSPS) is 28.9. The van der Waals surface area contributed by atoms with Crippen LogP contribution in [0.25, 0.3) is 0 Å². The number of ether oxygens (including phenoxy) is 2. The first-order valence-electron chi connectivity index (χ1n) is 11.4. The Labute approximate surface area is 204 Å². The summed E-state index contributed by atoms with van der Waals surface area (Å²) in [6.07, 6.45) is 3.53. The van der Waals surface area contributed by atoms with E-state index >= 15 is 0 Å². The van der Waals surface area contributed by atoms with Crippen molar-refractivity contribution in [1.82, 2.24) is 20.4 Å². The maximum absolute atomic E-state index is 12.9. The summed E-state index contributed by atoms with van der Waals surface area (Å²) in [4.78, 5) is 21.6. The molecule has 0 aromatic heterocycles. The van der Waals surface area contributed by atoms with E-state index in [0.717, 1.165) is 18.5 Å². The minimum atomic E-state index is -0.721. The van der Waals surface area contributed by atoms with E-state index in [1.54, 1.807) is 11.9 Å². The molecule has 9 heteroatoms. The van der Waals surface area contributed by atoms with Crippen LogP contribution in [0.2, 0.25) is 0 Å². The fraction of sp³-hybridized carbons (Fsp3) is 0.909. The first kappa shape index (κ1) is 26.4. The summed E-state index contributed by atoms with van der Waals surface area (Å²) in [5.74, 6) is 1.43. The Kier molecular flexibility index (Phi) is 8.89. The van der Waals surface area contributed by atoms with Gasteiger partial charge in [-0.25, -0.2) is 4.79 Å². The van der Waals surface area contributed by atoms with Crippen LogP contribution in [-0.2, 0) is 9.47 Å². The highest BCUT2D eigenvalue weighted by molar-refractivity contribution is 14.0. The lowest BCUT2D eigenvalue weighted by Gasteiger charge is -2.35. The number of carbonyl (C=O) groups excluding carboxylic acids is 1. The van der Waals surface area contributed by atoms with Crippen molar-refractivity contribution in [2.24, 2.45) is 10.9 Å². The second-order valence-electron chi connectivity index (χ2n) is 10.4. The van der Waals surface area contributed by atoms with Gasteiger partial charge in [0.25, 0.3) is 0 Å². The third-order valence-electron chi connectivity index (χ3n) is 6.16. The predicted octanol–water partition coefficient (Wildman–Crippen LogP) is 3.01. The van der Waals surface area contributed by atoms with Crippen molar-refractivity contribution in [2.45, 2.75) is 90.3 Å². The molecule has 0 aromatic carbocycles. The number of aliphatic imine (C=N–C) groups is 1. The number of carbonyl (C=O) groups is 1. The number of nitrogens with one attached hydrogen (secondary N) is 2. The molecule has 3 atom stereocenters. The quantitative estimate of drug-likeness (QED) is 0.311. The van der Waals surface area contributed by atoms with Gasteiger partial charge in [0.2, 0.25) is 0 Å². The fourth-order valence-corrected chi connectivity index (χ4v) is 4.59. The summed E-state index contributed by atoms with van der Waals surface area (Å²) in [7, 11) is 1.78. The molecule has 0 spiro atoms. The molecule has 3 fully saturated rings. The summed E-state index contributed by atoms with van der Waals surface area (Å²) < 4.78 is 11.7. The van der Waals surface area contributed by atoms with E-state index < -0.39 is 11.3 Å². The molecule has 2 aliphatic heterocycles. The molecular formula is C22H42IN5O3. The van der Waals surface area contributed by atoms with Crippen molar-refractivity contribution in [1.29, 1.82) is 0 Å². The lowest BCUT2D eigenvalue weighted by atomic mass is 10.1. The average molecular weight is 552 g/mol. The zero-order valence-electron chi connectivity index (χ0n) is 20.2. The second kappa shape index (κ2) is 10.4. The molecule has 1 saturated carbocycles. The van der Waals surface area contributed by atoms with Crippen LogP contribution in [0.1, 0.15) is 60.8 Å². The van der Waals surface area contributed by atoms with E-state index in [4.69, 9.17) is 9.47 Å². The van der Waals surface area contributed by atoms with E-state index in [1.807, 2.05) is 41.5 Å². The van der Waals surface area contributed by atoms with Crippen molar-refractivity contribution in [3.8, 4) is 0 Å². The summed E-state index contributed by atoms with van der Waals surface area (Å²) in [5, 5.41) is 6.86. The molecule has 3 rings (SSSR count). The number of amides is 1. The average Bonchev–Trinajstić information content (AvgIpc) is 3.31. The van der Waals surface area contributed by atoms with Gasteiger partial charge in [-0.2, -0.15) is 0 Å². The van der Waals surface area contributed by atoms with Gasteiger partial charge in [-0.3, -0.25) is 9.89 Å². The van der Waals surface area contributed by atoms with Gasteiger partial charge in [0.05, 0.1) is 12.1 Å². The first-order chi connectivity index (χ1) is 14.0. The summed E-state index contributed by atoms with van der Waals surface area (Å²) in [5.41, 5.74) is -1.27. The predicted molar refractivity (Wildman–Crippen MR) is 134 cm³/mol. The molecule has 0 radical (unpaired) electrons. The molecule has 31 heavy (non-hydrogen) atoms. The van der Waals surface area contributed by atoms with Gasteiger partial charge in [-0.1, -0.05) is 0 Å². The zero-order chi connectivity index (χ0) is 22.1. The van der Waals surface area contributed by atoms with Gasteiger partial charge in [-0.15, -0.1) is 24.0 Å². The Morgan fingerprint density at radius 2 is 1.84 bits per heavy atom. The molecule has 3 aliphatic rings. The molecule has 0 bridgehead atoms. The summed E-state index contributed by atoms with van der Waals surface area (Å²) >= 11 is 0. The Morgan fingerprint density at radius 1 is 1.19 bits per heavy atom. The van der Waals surface area contributed by atoms with Crippen molar-refractivity contribution in [3.05, 3.63) is 0 Å². The van der Waals surface area contributed by atoms with Crippen molar-refractivity contribution in [3.63, 3.8) is 0 Å². The van der Waals surface area contributed by atoms with E-state index in [0.29, 0.717) is 12.5 Å². The number of rotatable bonds is 5. The van der Waals surface area contributed by atoms with Crippen LogP contribution >= 0.6 is 24.0 Å². The van der Waals surface area contributed by atoms with Gasteiger partial charge in [0, 0.05) is 32.7 Å². The molecule has 180 valence electrons. The highest BCUT2D eigenvalue weighted by atomic mass is 127. The van der Waals surface area contributed by atoms with Crippen molar-refractivity contribution >= 4 is 36.0 Å². The number of halogens is 1. The van der Waals surface area contributed by atoms with Crippen LogP contribution in [0.3, 0.4) is 0 Å². The van der Waals surface area contributed by atoms with Crippen LogP contribution in [0.15, 0.2) is 4.99 Å². The largest absolute Gasteiger partial charge is 0.444 e. The molecular weight excluding hydrogens is 509 g/mol. The Hall–Kier alpha value is -0.810. The molecule has 1 amide bonds. The monoisotopic (exact) mass is 551 g/mol. The maximum Gasteiger partial charge on any atom is 0.412 e. The molecule has 2 heterocycles. The number of hydrogen-bond acceptors (Lipinski definition) is 5.